The molecule has 0 radical (unpaired) electrons. The molecule has 0 aliphatic rings. The van der Waals surface area contributed by atoms with Crippen molar-refractivity contribution >= 4 is 17.0 Å². The fourth-order valence-electron chi connectivity index (χ4n) is 0.916. The lowest BCUT2D eigenvalue weighted by atomic mass is 10.3. The predicted octanol–water partition coefficient (Wildman–Crippen LogP) is 2.61. The van der Waals surface area contributed by atoms with E-state index in [2.05, 4.69) is 0 Å². The first kappa shape index (κ1) is 11.8. The molecule has 0 saturated heterocycles. The smallest absolute Gasteiger partial charge is 0.286 e. The first-order valence-electron chi connectivity index (χ1n) is 4.27. The van der Waals surface area contributed by atoms with Gasteiger partial charge >= 0.3 is 0 Å². The highest BCUT2D eigenvalue weighted by atomic mass is 32.2. The molecule has 1 aromatic rings. The van der Waals surface area contributed by atoms with Crippen molar-refractivity contribution in [1.29, 1.82) is 0 Å². The van der Waals surface area contributed by atoms with Crippen LogP contribution in [-0.2, 0) is 0 Å². The summed E-state index contributed by atoms with van der Waals surface area (Å²) in [6.07, 6.45) is 0. The second-order valence-corrected chi connectivity index (χ2v) is 4.05. The molecule has 0 unspecified atom stereocenters. The molecule has 15 heavy (non-hydrogen) atoms. The molecule has 0 spiro atoms. The number of thioether (sulfide) groups is 1. The highest BCUT2D eigenvalue weighted by Crippen LogP contribution is 2.31. The summed E-state index contributed by atoms with van der Waals surface area (Å²) >= 11 is 0.939. The highest BCUT2D eigenvalue weighted by Gasteiger charge is 2.12. The summed E-state index contributed by atoms with van der Waals surface area (Å²) in [5.74, 6) is 0.112. The molecule has 0 aliphatic heterocycles. The monoisotopic (exact) mass is 229 g/mol. The Morgan fingerprint density at radius 2 is 2.13 bits per heavy atom. The van der Waals surface area contributed by atoms with E-state index >= 15 is 0 Å². The molecule has 5 heteroatoms. The zero-order valence-corrected chi connectivity index (χ0v) is 9.60. The number of hydrogen-bond acceptors (Lipinski definition) is 3. The van der Waals surface area contributed by atoms with E-state index in [9.17, 15) is 9.18 Å². The van der Waals surface area contributed by atoms with E-state index in [-0.39, 0.29) is 11.1 Å². The number of ether oxygens (including phenoxy) is 1. The third kappa shape index (κ3) is 3.13. The lowest BCUT2D eigenvalue weighted by molar-refractivity contribution is 0.241. The molecule has 0 bridgehead atoms. The molecular formula is C10H12FNO2S. The highest BCUT2D eigenvalue weighted by molar-refractivity contribution is 8.13. The van der Waals surface area contributed by atoms with Crippen molar-refractivity contribution in [3.63, 3.8) is 0 Å². The van der Waals surface area contributed by atoms with Gasteiger partial charge in [0.05, 0.1) is 12.0 Å². The Morgan fingerprint density at radius 1 is 1.47 bits per heavy atom. The Morgan fingerprint density at radius 3 is 2.67 bits per heavy atom. The fourth-order valence-corrected chi connectivity index (χ4v) is 1.71. The van der Waals surface area contributed by atoms with Crippen LogP contribution in [0.25, 0.3) is 0 Å². The standard InChI is InChI=1S/C10H12FNO2S/c1-12(2)10(13)15-9-6-7(11)4-5-8(9)14-3/h4-6H,1-3H3. The van der Waals surface area contributed by atoms with Crippen LogP contribution in [0.2, 0.25) is 0 Å². The molecule has 1 rings (SSSR count). The summed E-state index contributed by atoms with van der Waals surface area (Å²) < 4.78 is 18.0. The Kier molecular flexibility index (Phi) is 3.96. The molecule has 0 heterocycles. The Hall–Kier alpha value is -1.23. The van der Waals surface area contributed by atoms with Gasteiger partial charge in [0.25, 0.3) is 5.24 Å². The number of hydrogen-bond donors (Lipinski definition) is 0. The van der Waals surface area contributed by atoms with Crippen molar-refractivity contribution in [1.82, 2.24) is 4.90 Å². The number of nitrogens with zero attached hydrogens (tertiary/aromatic N) is 1. The van der Waals surface area contributed by atoms with Crippen LogP contribution in [0.5, 0.6) is 5.75 Å². The average molecular weight is 229 g/mol. The summed E-state index contributed by atoms with van der Waals surface area (Å²) in [5.41, 5.74) is 0. The lowest BCUT2D eigenvalue weighted by Crippen LogP contribution is -2.16. The van der Waals surface area contributed by atoms with Crippen molar-refractivity contribution in [2.24, 2.45) is 0 Å². The maximum atomic E-state index is 12.9. The fraction of sp³-hybridized carbons (Fsp3) is 0.300. The number of amides is 1. The second kappa shape index (κ2) is 5.02. The van der Waals surface area contributed by atoms with Crippen LogP contribution in [-0.4, -0.2) is 31.3 Å². The Labute approximate surface area is 92.2 Å². The molecule has 0 N–H and O–H groups in total. The van der Waals surface area contributed by atoms with E-state index in [1.807, 2.05) is 0 Å². The molecule has 1 aromatic carbocycles. The minimum Gasteiger partial charge on any atom is -0.496 e. The molecule has 3 nitrogen and oxygen atoms in total. The average Bonchev–Trinajstić information content (AvgIpc) is 2.18. The topological polar surface area (TPSA) is 29.5 Å². The molecule has 1 amide bonds. The van der Waals surface area contributed by atoms with Gasteiger partial charge in [-0.25, -0.2) is 4.39 Å². The number of benzene rings is 1. The quantitative estimate of drug-likeness (QED) is 0.730. The van der Waals surface area contributed by atoms with E-state index in [0.717, 1.165) is 11.8 Å². The van der Waals surface area contributed by atoms with Crippen LogP contribution in [0.1, 0.15) is 0 Å². The van der Waals surface area contributed by atoms with E-state index in [1.54, 1.807) is 14.1 Å². The van der Waals surface area contributed by atoms with Crippen molar-refractivity contribution in [2.45, 2.75) is 4.90 Å². The van der Waals surface area contributed by atoms with Crippen LogP contribution < -0.4 is 4.74 Å². The maximum absolute atomic E-state index is 12.9. The third-order valence-electron chi connectivity index (χ3n) is 1.69. The summed E-state index contributed by atoms with van der Waals surface area (Å²) in [6.45, 7) is 0. The molecule has 0 atom stereocenters. The lowest BCUT2D eigenvalue weighted by Gasteiger charge is -2.11. The van der Waals surface area contributed by atoms with Gasteiger partial charge in [-0.05, 0) is 30.0 Å². The normalized spacial score (nSPS) is 9.87. The van der Waals surface area contributed by atoms with Gasteiger partial charge in [0.15, 0.2) is 0 Å². The van der Waals surface area contributed by atoms with Gasteiger partial charge in [0.1, 0.15) is 11.6 Å². The maximum Gasteiger partial charge on any atom is 0.286 e. The molecule has 0 aliphatic carbocycles. The van der Waals surface area contributed by atoms with E-state index in [4.69, 9.17) is 4.74 Å². The van der Waals surface area contributed by atoms with E-state index in [1.165, 1.54) is 30.2 Å². The zero-order valence-electron chi connectivity index (χ0n) is 8.78. The molecule has 0 aromatic heterocycles. The SMILES string of the molecule is COc1ccc(F)cc1SC(=O)N(C)C. The van der Waals surface area contributed by atoms with E-state index < -0.39 is 0 Å². The van der Waals surface area contributed by atoms with Crippen molar-refractivity contribution in [3.05, 3.63) is 24.0 Å². The predicted molar refractivity (Wildman–Crippen MR) is 57.9 cm³/mol. The first-order valence-corrected chi connectivity index (χ1v) is 5.09. The number of methoxy groups -OCH3 is 1. The number of carbonyl (C=O) groups excluding carboxylic acids is 1. The summed E-state index contributed by atoms with van der Waals surface area (Å²) in [7, 11) is 4.76. The number of carbonyl (C=O) groups is 1. The second-order valence-electron chi connectivity index (χ2n) is 3.06. The Bertz CT molecular complexity index is 368. The van der Waals surface area contributed by atoms with Gasteiger partial charge in [0, 0.05) is 14.1 Å². The van der Waals surface area contributed by atoms with Crippen LogP contribution in [0.3, 0.4) is 0 Å². The van der Waals surface area contributed by atoms with Crippen LogP contribution >= 0.6 is 11.8 Å². The van der Waals surface area contributed by atoms with Crippen LogP contribution in [0, 0.1) is 5.82 Å². The van der Waals surface area contributed by atoms with Gasteiger partial charge < -0.3 is 9.64 Å². The van der Waals surface area contributed by atoms with Crippen LogP contribution in [0.15, 0.2) is 23.1 Å². The Balaban J connectivity index is 2.92. The largest absolute Gasteiger partial charge is 0.496 e. The summed E-state index contributed by atoms with van der Waals surface area (Å²) in [6, 6.07) is 4.08. The van der Waals surface area contributed by atoms with Gasteiger partial charge in [0.2, 0.25) is 0 Å². The molecule has 0 fully saturated rings. The zero-order chi connectivity index (χ0) is 11.4. The number of rotatable bonds is 2. The van der Waals surface area contributed by atoms with Gasteiger partial charge in [-0.3, -0.25) is 4.79 Å². The summed E-state index contributed by atoms with van der Waals surface area (Å²) in [4.78, 5) is 13.3. The minimum absolute atomic E-state index is 0.168. The van der Waals surface area contributed by atoms with Gasteiger partial charge in [-0.1, -0.05) is 0 Å². The van der Waals surface area contributed by atoms with E-state index in [0.29, 0.717) is 10.6 Å². The molecule has 0 saturated carbocycles. The summed E-state index contributed by atoms with van der Waals surface area (Å²) in [5, 5.41) is -0.168. The minimum atomic E-state index is -0.384. The van der Waals surface area contributed by atoms with Crippen molar-refractivity contribution in [2.75, 3.05) is 21.2 Å². The number of halogens is 1. The molecular weight excluding hydrogens is 217 g/mol. The van der Waals surface area contributed by atoms with Crippen molar-refractivity contribution in [3.8, 4) is 5.75 Å². The first-order chi connectivity index (χ1) is 7.04. The third-order valence-corrected chi connectivity index (χ3v) is 2.77. The van der Waals surface area contributed by atoms with Crippen molar-refractivity contribution < 1.29 is 13.9 Å². The van der Waals surface area contributed by atoms with Gasteiger partial charge in [-0.15, -0.1) is 0 Å². The van der Waals surface area contributed by atoms with Gasteiger partial charge in [-0.2, -0.15) is 0 Å². The molecule has 82 valence electrons. The van der Waals surface area contributed by atoms with Crippen LogP contribution in [0.4, 0.5) is 9.18 Å².